The number of carbonyl (C=O) groups excluding carboxylic acids is 2. The lowest BCUT2D eigenvalue weighted by Gasteiger charge is -2.28. The lowest BCUT2D eigenvalue weighted by Crippen LogP contribution is -2.58. The number of para-hydroxylation sites is 1. The van der Waals surface area contributed by atoms with Gasteiger partial charge in [0.25, 0.3) is 0 Å². The van der Waals surface area contributed by atoms with E-state index in [0.29, 0.717) is 13.1 Å². The number of ether oxygens (including phenoxy) is 1. The van der Waals surface area contributed by atoms with E-state index in [4.69, 9.17) is 4.74 Å². The van der Waals surface area contributed by atoms with Crippen LogP contribution in [0.4, 0.5) is 0 Å². The molecule has 2 rings (SSSR count). The number of nitrogens with zero attached hydrogens (tertiary/aromatic N) is 1. The first-order chi connectivity index (χ1) is 9.61. The zero-order valence-electron chi connectivity index (χ0n) is 11.7. The van der Waals surface area contributed by atoms with Gasteiger partial charge in [0, 0.05) is 25.7 Å². The Balaban J connectivity index is 1.98. The maximum Gasteiger partial charge on any atom is 0.241 e. The summed E-state index contributed by atoms with van der Waals surface area (Å²) >= 11 is 0. The molecule has 2 amide bonds. The van der Waals surface area contributed by atoms with Gasteiger partial charge in [0.1, 0.15) is 11.8 Å². The summed E-state index contributed by atoms with van der Waals surface area (Å²) in [6.07, 6.45) is 0. The molecule has 1 aromatic carbocycles. The summed E-state index contributed by atoms with van der Waals surface area (Å²) in [6, 6.07) is 7.23. The molecule has 0 bridgehead atoms. The smallest absolute Gasteiger partial charge is 0.241 e. The zero-order chi connectivity index (χ0) is 14.5. The summed E-state index contributed by atoms with van der Waals surface area (Å²) in [6.45, 7) is 0.974. The highest BCUT2D eigenvalue weighted by atomic mass is 16.5. The molecule has 6 nitrogen and oxygen atoms in total. The molecule has 1 fully saturated rings. The Morgan fingerprint density at radius 3 is 2.85 bits per heavy atom. The predicted octanol–water partition coefficient (Wildman–Crippen LogP) is -0.258. The molecule has 0 aliphatic carbocycles. The highest BCUT2D eigenvalue weighted by molar-refractivity contribution is 5.86. The van der Waals surface area contributed by atoms with Crippen molar-refractivity contribution in [1.29, 1.82) is 0 Å². The van der Waals surface area contributed by atoms with Crippen LogP contribution in [-0.2, 0) is 16.1 Å². The minimum atomic E-state index is -0.368. The molecule has 2 N–H and O–H groups in total. The van der Waals surface area contributed by atoms with E-state index in [-0.39, 0.29) is 24.4 Å². The molecule has 6 heteroatoms. The summed E-state index contributed by atoms with van der Waals surface area (Å²) in [5.74, 6) is 0.634. The summed E-state index contributed by atoms with van der Waals surface area (Å²) < 4.78 is 5.27. The van der Waals surface area contributed by atoms with Gasteiger partial charge in [-0.1, -0.05) is 18.2 Å². The van der Waals surface area contributed by atoms with E-state index in [1.54, 1.807) is 19.1 Å². The Morgan fingerprint density at radius 2 is 2.20 bits per heavy atom. The van der Waals surface area contributed by atoms with Gasteiger partial charge >= 0.3 is 0 Å². The van der Waals surface area contributed by atoms with Crippen LogP contribution < -0.4 is 15.4 Å². The van der Waals surface area contributed by atoms with Gasteiger partial charge in [-0.3, -0.25) is 14.9 Å². The van der Waals surface area contributed by atoms with Crippen LogP contribution in [0.1, 0.15) is 5.56 Å². The van der Waals surface area contributed by atoms with Crippen molar-refractivity contribution in [1.82, 2.24) is 15.5 Å². The fourth-order valence-electron chi connectivity index (χ4n) is 2.17. The van der Waals surface area contributed by atoms with Crippen molar-refractivity contribution in [2.45, 2.75) is 12.6 Å². The lowest BCUT2D eigenvalue weighted by atomic mass is 10.1. The van der Waals surface area contributed by atoms with Crippen molar-refractivity contribution in [3.63, 3.8) is 0 Å². The number of benzene rings is 1. The maximum atomic E-state index is 12.3. The monoisotopic (exact) mass is 277 g/mol. The van der Waals surface area contributed by atoms with E-state index in [1.165, 1.54) is 0 Å². The van der Waals surface area contributed by atoms with Gasteiger partial charge in [-0.05, 0) is 6.07 Å². The predicted molar refractivity (Wildman–Crippen MR) is 74.3 cm³/mol. The van der Waals surface area contributed by atoms with Crippen molar-refractivity contribution in [2.24, 2.45) is 0 Å². The molecule has 1 aliphatic heterocycles. The average Bonchev–Trinajstić information content (AvgIpc) is 2.48. The van der Waals surface area contributed by atoms with Crippen LogP contribution >= 0.6 is 0 Å². The van der Waals surface area contributed by atoms with Gasteiger partial charge < -0.3 is 15.0 Å². The normalized spacial score (nSPS) is 18.3. The molecule has 0 saturated carbocycles. The van der Waals surface area contributed by atoms with Crippen LogP contribution in [0.15, 0.2) is 24.3 Å². The minimum Gasteiger partial charge on any atom is -0.496 e. The van der Waals surface area contributed by atoms with Gasteiger partial charge in [0.05, 0.1) is 13.7 Å². The van der Waals surface area contributed by atoms with Gasteiger partial charge in [-0.2, -0.15) is 0 Å². The second-order valence-electron chi connectivity index (χ2n) is 4.74. The van der Waals surface area contributed by atoms with Crippen molar-refractivity contribution in [2.75, 3.05) is 27.2 Å². The highest BCUT2D eigenvalue weighted by Gasteiger charge is 2.26. The number of methoxy groups -OCH3 is 1. The van der Waals surface area contributed by atoms with E-state index in [9.17, 15) is 9.59 Å². The number of rotatable bonds is 4. The molecule has 108 valence electrons. The molecule has 0 aromatic heterocycles. The number of nitrogens with one attached hydrogen (secondary N) is 2. The van der Waals surface area contributed by atoms with Gasteiger partial charge in [0.15, 0.2) is 0 Å². The van der Waals surface area contributed by atoms with Crippen LogP contribution in [0.2, 0.25) is 0 Å². The van der Waals surface area contributed by atoms with Gasteiger partial charge in [0.2, 0.25) is 11.8 Å². The molecule has 0 radical (unpaired) electrons. The number of amides is 2. The van der Waals surface area contributed by atoms with Crippen LogP contribution in [0.25, 0.3) is 0 Å². The Kier molecular flexibility index (Phi) is 4.57. The number of carbonyl (C=O) groups is 2. The van der Waals surface area contributed by atoms with E-state index in [1.807, 2.05) is 24.3 Å². The Hall–Kier alpha value is -2.08. The number of likely N-dealkylation sites (N-methyl/N-ethyl adjacent to an activating group) is 1. The molecule has 1 unspecified atom stereocenters. The Morgan fingerprint density at radius 1 is 1.45 bits per heavy atom. The van der Waals surface area contributed by atoms with Crippen molar-refractivity contribution in [3.05, 3.63) is 29.8 Å². The Labute approximate surface area is 118 Å². The van der Waals surface area contributed by atoms with Crippen molar-refractivity contribution in [3.8, 4) is 5.75 Å². The molecule has 1 aromatic rings. The molecule has 1 atom stereocenters. The van der Waals surface area contributed by atoms with Crippen LogP contribution in [0.5, 0.6) is 5.75 Å². The first kappa shape index (κ1) is 14.3. The number of hydrogen-bond acceptors (Lipinski definition) is 4. The summed E-state index contributed by atoms with van der Waals surface area (Å²) in [5, 5.41) is 5.61. The van der Waals surface area contributed by atoms with Crippen LogP contribution in [0.3, 0.4) is 0 Å². The third-order valence-corrected chi connectivity index (χ3v) is 3.29. The zero-order valence-corrected chi connectivity index (χ0v) is 11.7. The lowest BCUT2D eigenvalue weighted by molar-refractivity contribution is -0.134. The first-order valence-corrected chi connectivity index (χ1v) is 6.48. The molecule has 1 heterocycles. The number of piperazine rings is 1. The second kappa shape index (κ2) is 6.38. The average molecular weight is 277 g/mol. The summed E-state index contributed by atoms with van der Waals surface area (Å²) in [7, 11) is 3.35. The molecule has 1 saturated heterocycles. The molecule has 1 aliphatic rings. The van der Waals surface area contributed by atoms with Gasteiger partial charge in [-0.15, -0.1) is 0 Å². The number of hydrogen-bond donors (Lipinski definition) is 2. The van der Waals surface area contributed by atoms with E-state index in [0.717, 1.165) is 11.3 Å². The fourth-order valence-corrected chi connectivity index (χ4v) is 2.17. The molecule has 0 spiro atoms. The molecule has 20 heavy (non-hydrogen) atoms. The van der Waals surface area contributed by atoms with Crippen molar-refractivity contribution < 1.29 is 14.3 Å². The maximum absolute atomic E-state index is 12.3. The van der Waals surface area contributed by atoms with E-state index < -0.39 is 0 Å². The topological polar surface area (TPSA) is 70.7 Å². The minimum absolute atomic E-state index is 0.0455. The summed E-state index contributed by atoms with van der Waals surface area (Å²) in [4.78, 5) is 25.0. The van der Waals surface area contributed by atoms with E-state index >= 15 is 0 Å². The molecular weight excluding hydrogens is 258 g/mol. The SMILES string of the molecule is COc1ccccc1CN(C)C(=O)C1CNC(=O)CN1. The van der Waals surface area contributed by atoms with E-state index in [2.05, 4.69) is 10.6 Å². The largest absolute Gasteiger partial charge is 0.496 e. The summed E-state index contributed by atoms with van der Waals surface area (Å²) in [5.41, 5.74) is 0.950. The van der Waals surface area contributed by atoms with Gasteiger partial charge in [-0.25, -0.2) is 0 Å². The second-order valence-corrected chi connectivity index (χ2v) is 4.74. The fraction of sp³-hybridized carbons (Fsp3) is 0.429. The highest BCUT2D eigenvalue weighted by Crippen LogP contribution is 2.18. The molecular formula is C14H19N3O3. The third-order valence-electron chi connectivity index (χ3n) is 3.29. The standard InChI is InChI=1S/C14H19N3O3/c1-17(9-10-5-3-4-6-12(10)20-2)14(19)11-7-16-13(18)8-15-11/h3-6,11,15H,7-9H2,1-2H3,(H,16,18). The first-order valence-electron chi connectivity index (χ1n) is 6.48. The Bertz CT molecular complexity index is 494. The quantitative estimate of drug-likeness (QED) is 0.795. The van der Waals surface area contributed by atoms with Crippen LogP contribution in [-0.4, -0.2) is 50.0 Å². The third kappa shape index (κ3) is 3.27. The van der Waals surface area contributed by atoms with Crippen molar-refractivity contribution >= 4 is 11.8 Å². The van der Waals surface area contributed by atoms with Crippen LogP contribution in [0, 0.1) is 0 Å².